The summed E-state index contributed by atoms with van der Waals surface area (Å²) >= 11 is 0. The highest BCUT2D eigenvalue weighted by Gasteiger charge is 2.63. The normalized spacial score (nSPS) is 21.4. The van der Waals surface area contributed by atoms with E-state index in [1.807, 2.05) is 9.80 Å². The molecule has 0 amide bonds. The minimum absolute atomic E-state index is 0.145. The van der Waals surface area contributed by atoms with Gasteiger partial charge >= 0.3 is 6.18 Å². The molecule has 2 heterocycles. The van der Waals surface area contributed by atoms with Crippen molar-refractivity contribution in [2.75, 3.05) is 37.6 Å². The van der Waals surface area contributed by atoms with Crippen molar-refractivity contribution in [1.29, 1.82) is 0 Å². The molecule has 0 spiro atoms. The number of aromatic nitrogens is 2. The van der Waals surface area contributed by atoms with E-state index in [1.54, 1.807) is 18.5 Å². The Morgan fingerprint density at radius 1 is 1.17 bits per heavy atom. The summed E-state index contributed by atoms with van der Waals surface area (Å²) in [4.78, 5) is 16.2. The maximum atomic E-state index is 12.9. The summed E-state index contributed by atoms with van der Waals surface area (Å²) in [6, 6.07) is 1.75. The highest BCUT2D eigenvalue weighted by molar-refractivity contribution is 5.78. The van der Waals surface area contributed by atoms with Crippen LogP contribution >= 0.6 is 0 Å². The molecule has 1 aromatic heterocycles. The summed E-state index contributed by atoms with van der Waals surface area (Å²) < 4.78 is 38.6. The van der Waals surface area contributed by atoms with Crippen LogP contribution in [0.25, 0.3) is 0 Å². The molecule has 1 aliphatic carbocycles. The van der Waals surface area contributed by atoms with Gasteiger partial charge < -0.3 is 15.5 Å². The fourth-order valence-corrected chi connectivity index (χ4v) is 2.60. The number of aliphatic imine (C=N–C) groups is 1. The lowest BCUT2D eigenvalue weighted by atomic mass is 10.1. The molecule has 1 saturated heterocycles. The van der Waals surface area contributed by atoms with Crippen molar-refractivity contribution in [2.45, 2.75) is 19.0 Å². The van der Waals surface area contributed by atoms with Crippen molar-refractivity contribution in [1.82, 2.24) is 14.9 Å². The Labute approximate surface area is 132 Å². The van der Waals surface area contributed by atoms with Crippen LogP contribution in [0.15, 0.2) is 23.5 Å². The van der Waals surface area contributed by atoms with Crippen molar-refractivity contribution in [3.63, 3.8) is 0 Å². The number of alkyl halides is 3. The molecule has 126 valence electrons. The Balaban J connectivity index is 1.54. The first-order chi connectivity index (χ1) is 10.9. The monoisotopic (exact) mass is 328 g/mol. The lowest BCUT2D eigenvalue weighted by Crippen LogP contribution is -2.51. The van der Waals surface area contributed by atoms with Gasteiger partial charge in [-0.05, 0) is 18.9 Å². The minimum atomic E-state index is -4.19. The Hall–Kier alpha value is -2.06. The number of guanidine groups is 1. The number of hydrogen-bond donors (Lipinski definition) is 1. The summed E-state index contributed by atoms with van der Waals surface area (Å²) in [5.74, 6) is 0.839. The SMILES string of the molecule is NC(=NCC1(C(F)(F)F)CC1)N1CCN(c2ncccn2)CC1. The van der Waals surface area contributed by atoms with E-state index in [0.29, 0.717) is 32.1 Å². The predicted octanol–water partition coefficient (Wildman–Crippen LogP) is 1.26. The quantitative estimate of drug-likeness (QED) is 0.668. The molecular formula is C14H19F3N6. The fourth-order valence-electron chi connectivity index (χ4n) is 2.60. The van der Waals surface area contributed by atoms with E-state index in [2.05, 4.69) is 15.0 Å². The predicted molar refractivity (Wildman–Crippen MR) is 80.0 cm³/mol. The molecule has 0 unspecified atom stereocenters. The van der Waals surface area contributed by atoms with E-state index in [9.17, 15) is 13.2 Å². The second-order valence-electron chi connectivity index (χ2n) is 5.98. The van der Waals surface area contributed by atoms with Crippen molar-refractivity contribution in [3.05, 3.63) is 18.5 Å². The molecular weight excluding hydrogens is 309 g/mol. The number of piperazine rings is 1. The Morgan fingerprint density at radius 3 is 2.30 bits per heavy atom. The number of rotatable bonds is 3. The number of hydrogen-bond acceptors (Lipinski definition) is 4. The second kappa shape index (κ2) is 5.86. The lowest BCUT2D eigenvalue weighted by molar-refractivity contribution is -0.183. The Kier molecular flexibility index (Phi) is 4.03. The van der Waals surface area contributed by atoms with Crippen LogP contribution in [-0.4, -0.2) is 59.7 Å². The van der Waals surface area contributed by atoms with E-state index in [-0.39, 0.29) is 25.3 Å². The molecule has 0 radical (unpaired) electrons. The summed E-state index contributed by atoms with van der Waals surface area (Å²) in [5, 5.41) is 0. The lowest BCUT2D eigenvalue weighted by Gasteiger charge is -2.35. The molecule has 6 nitrogen and oxygen atoms in total. The minimum Gasteiger partial charge on any atom is -0.370 e. The van der Waals surface area contributed by atoms with Gasteiger partial charge in [0.15, 0.2) is 5.96 Å². The van der Waals surface area contributed by atoms with Gasteiger partial charge in [-0.15, -0.1) is 0 Å². The third-order valence-electron chi connectivity index (χ3n) is 4.44. The van der Waals surface area contributed by atoms with Crippen LogP contribution in [0.2, 0.25) is 0 Å². The van der Waals surface area contributed by atoms with Crippen molar-refractivity contribution in [3.8, 4) is 0 Å². The molecule has 0 bridgehead atoms. The summed E-state index contributed by atoms with van der Waals surface area (Å²) in [5.41, 5.74) is 4.23. The molecule has 2 N–H and O–H groups in total. The van der Waals surface area contributed by atoms with Crippen molar-refractivity contribution >= 4 is 11.9 Å². The molecule has 1 aromatic rings. The van der Waals surface area contributed by atoms with Crippen molar-refractivity contribution in [2.24, 2.45) is 16.1 Å². The van der Waals surface area contributed by atoms with Crippen molar-refractivity contribution < 1.29 is 13.2 Å². The first-order valence-corrected chi connectivity index (χ1v) is 7.55. The zero-order valence-corrected chi connectivity index (χ0v) is 12.6. The second-order valence-corrected chi connectivity index (χ2v) is 5.98. The summed E-state index contributed by atoms with van der Waals surface area (Å²) in [7, 11) is 0. The van der Waals surface area contributed by atoms with Crippen LogP contribution in [0.1, 0.15) is 12.8 Å². The number of nitrogens with two attached hydrogens (primary N) is 1. The first kappa shape index (κ1) is 15.8. The largest absolute Gasteiger partial charge is 0.396 e. The summed E-state index contributed by atoms with van der Waals surface area (Å²) in [6.07, 6.45) is -0.549. The number of nitrogens with zero attached hydrogens (tertiary/aromatic N) is 5. The van der Waals surface area contributed by atoms with Gasteiger partial charge in [-0.3, -0.25) is 4.99 Å². The molecule has 2 aliphatic rings. The highest BCUT2D eigenvalue weighted by Crippen LogP contribution is 2.57. The Bertz CT molecular complexity index is 562. The van der Waals surface area contributed by atoms with Gasteiger partial charge in [-0.2, -0.15) is 13.2 Å². The van der Waals surface area contributed by atoms with Gasteiger partial charge in [0.05, 0.1) is 12.0 Å². The van der Waals surface area contributed by atoms with Crippen LogP contribution < -0.4 is 10.6 Å². The van der Waals surface area contributed by atoms with Gasteiger partial charge in [-0.1, -0.05) is 0 Å². The van der Waals surface area contributed by atoms with Gasteiger partial charge in [0.25, 0.3) is 0 Å². The molecule has 0 atom stereocenters. The highest BCUT2D eigenvalue weighted by atomic mass is 19.4. The van der Waals surface area contributed by atoms with Gasteiger partial charge in [-0.25, -0.2) is 9.97 Å². The number of halogens is 3. The maximum absolute atomic E-state index is 12.9. The maximum Gasteiger partial charge on any atom is 0.396 e. The van der Waals surface area contributed by atoms with Crippen LogP contribution in [0.3, 0.4) is 0 Å². The van der Waals surface area contributed by atoms with Crippen LogP contribution in [-0.2, 0) is 0 Å². The van der Waals surface area contributed by atoms with Gasteiger partial charge in [0.2, 0.25) is 5.95 Å². The van der Waals surface area contributed by atoms with Crippen LogP contribution in [0.4, 0.5) is 19.1 Å². The third kappa shape index (κ3) is 3.32. The fraction of sp³-hybridized carbons (Fsp3) is 0.643. The standard InChI is InChI=1S/C14H19F3N6/c15-14(16,17)13(2-3-13)10-21-11(18)22-6-8-23(9-7-22)12-19-4-1-5-20-12/h1,4-5H,2-3,6-10H2,(H2,18,21). The van der Waals surface area contributed by atoms with E-state index >= 15 is 0 Å². The Morgan fingerprint density at radius 2 is 1.78 bits per heavy atom. The van der Waals surface area contributed by atoms with E-state index < -0.39 is 11.6 Å². The molecule has 0 aromatic carbocycles. The average Bonchev–Trinajstić information content (AvgIpc) is 3.35. The molecule has 1 aliphatic heterocycles. The van der Waals surface area contributed by atoms with Gasteiger partial charge in [0, 0.05) is 38.6 Å². The van der Waals surface area contributed by atoms with E-state index in [1.165, 1.54) is 0 Å². The molecule has 3 rings (SSSR count). The molecule has 23 heavy (non-hydrogen) atoms. The van der Waals surface area contributed by atoms with E-state index in [4.69, 9.17) is 5.73 Å². The zero-order valence-electron chi connectivity index (χ0n) is 12.6. The zero-order chi connectivity index (χ0) is 16.5. The topological polar surface area (TPSA) is 70.6 Å². The van der Waals surface area contributed by atoms with E-state index in [0.717, 1.165) is 0 Å². The molecule has 1 saturated carbocycles. The van der Waals surface area contributed by atoms with Crippen LogP contribution in [0.5, 0.6) is 0 Å². The number of anilines is 1. The summed E-state index contributed by atoms with van der Waals surface area (Å²) in [6.45, 7) is 2.22. The smallest absolute Gasteiger partial charge is 0.370 e. The van der Waals surface area contributed by atoms with Crippen LogP contribution in [0, 0.1) is 5.41 Å². The average molecular weight is 328 g/mol. The molecule has 2 fully saturated rings. The van der Waals surface area contributed by atoms with Gasteiger partial charge in [0.1, 0.15) is 0 Å². The third-order valence-corrected chi connectivity index (χ3v) is 4.44. The first-order valence-electron chi connectivity index (χ1n) is 7.55. The molecule has 9 heteroatoms.